The van der Waals surface area contributed by atoms with E-state index in [0.717, 1.165) is 15.3 Å². The van der Waals surface area contributed by atoms with E-state index in [9.17, 15) is 18.0 Å². The highest BCUT2D eigenvalue weighted by Gasteiger charge is 2.34. The van der Waals surface area contributed by atoms with Crippen molar-refractivity contribution in [1.82, 2.24) is 9.55 Å². The lowest BCUT2D eigenvalue weighted by Gasteiger charge is -2.08. The van der Waals surface area contributed by atoms with E-state index in [-0.39, 0.29) is 6.54 Å². The van der Waals surface area contributed by atoms with E-state index in [2.05, 4.69) is 4.98 Å². The molecule has 22 heavy (non-hydrogen) atoms. The highest BCUT2D eigenvalue weighted by atomic mass is 35.5. The van der Waals surface area contributed by atoms with Crippen LogP contribution in [-0.4, -0.2) is 9.55 Å². The monoisotopic (exact) mass is 344 g/mol. The molecule has 0 atom stereocenters. The molecule has 0 saturated heterocycles. The van der Waals surface area contributed by atoms with Gasteiger partial charge in [0.1, 0.15) is 10.6 Å². The number of aromatic nitrogens is 2. The van der Waals surface area contributed by atoms with E-state index in [1.807, 2.05) is 0 Å². The van der Waals surface area contributed by atoms with Gasteiger partial charge in [-0.1, -0.05) is 11.6 Å². The predicted molar refractivity (Wildman–Crippen MR) is 79.4 cm³/mol. The molecule has 8 heteroatoms. The van der Waals surface area contributed by atoms with Crippen molar-refractivity contribution >= 4 is 33.2 Å². The van der Waals surface area contributed by atoms with Crippen molar-refractivity contribution in [2.45, 2.75) is 12.7 Å². The minimum absolute atomic E-state index is 0.0142. The summed E-state index contributed by atoms with van der Waals surface area (Å²) in [5.74, 6) is 0. The first kappa shape index (κ1) is 15.1. The summed E-state index contributed by atoms with van der Waals surface area (Å²) in [6.07, 6.45) is -3.35. The van der Waals surface area contributed by atoms with Gasteiger partial charge in [0.25, 0.3) is 5.56 Å². The number of hydrogen-bond acceptors (Lipinski definition) is 3. The van der Waals surface area contributed by atoms with Gasteiger partial charge in [-0.15, -0.1) is 11.3 Å². The van der Waals surface area contributed by atoms with Gasteiger partial charge in [-0.05, 0) is 30.3 Å². The summed E-state index contributed by atoms with van der Waals surface area (Å²) in [5, 5.41) is 1.07. The number of rotatable bonds is 2. The summed E-state index contributed by atoms with van der Waals surface area (Å²) in [7, 11) is 0. The number of nitrogens with zero attached hydrogens (tertiary/aromatic N) is 2. The van der Waals surface area contributed by atoms with Crippen molar-refractivity contribution in [2.24, 2.45) is 0 Å². The molecule has 0 N–H and O–H groups in total. The summed E-state index contributed by atoms with van der Waals surface area (Å²) in [6, 6.07) is 7.15. The standard InChI is InChI=1S/C14H8ClF3N2OS/c15-8-3-4-11-10(6-8)19-12(22-11)7-20-5-1-2-9(13(20)21)14(16,17)18/h1-6H,7H2. The largest absolute Gasteiger partial charge is 0.421 e. The lowest BCUT2D eigenvalue weighted by atomic mass is 10.2. The number of halogens is 4. The van der Waals surface area contributed by atoms with Crippen molar-refractivity contribution in [3.8, 4) is 0 Å². The third kappa shape index (κ3) is 2.86. The van der Waals surface area contributed by atoms with Gasteiger partial charge in [0.05, 0.1) is 16.8 Å². The molecule has 2 aromatic heterocycles. The summed E-state index contributed by atoms with van der Waals surface area (Å²) >= 11 is 7.18. The number of fused-ring (bicyclic) bond motifs is 1. The maximum Gasteiger partial charge on any atom is 0.421 e. The molecule has 114 valence electrons. The Morgan fingerprint density at radius 3 is 2.77 bits per heavy atom. The fourth-order valence-electron chi connectivity index (χ4n) is 2.04. The Morgan fingerprint density at radius 2 is 2.05 bits per heavy atom. The van der Waals surface area contributed by atoms with E-state index in [4.69, 9.17) is 11.6 Å². The van der Waals surface area contributed by atoms with E-state index in [1.165, 1.54) is 23.6 Å². The SMILES string of the molecule is O=c1c(C(F)(F)F)cccn1Cc1nc2cc(Cl)ccc2s1. The first-order valence-electron chi connectivity index (χ1n) is 6.16. The maximum atomic E-state index is 12.7. The number of thiazole rings is 1. The quantitative estimate of drug-likeness (QED) is 0.699. The Hall–Kier alpha value is -1.86. The molecule has 3 rings (SSSR count). The van der Waals surface area contributed by atoms with Crippen LogP contribution in [0.2, 0.25) is 5.02 Å². The molecule has 3 nitrogen and oxygen atoms in total. The summed E-state index contributed by atoms with van der Waals surface area (Å²) in [4.78, 5) is 16.2. The van der Waals surface area contributed by atoms with Crippen LogP contribution in [0.3, 0.4) is 0 Å². The molecular formula is C14H8ClF3N2OS. The lowest BCUT2D eigenvalue weighted by Crippen LogP contribution is -2.28. The van der Waals surface area contributed by atoms with Crippen LogP contribution in [-0.2, 0) is 12.7 Å². The molecule has 0 aliphatic rings. The zero-order valence-corrected chi connectivity index (χ0v) is 12.5. The van der Waals surface area contributed by atoms with Gasteiger partial charge in [0.15, 0.2) is 0 Å². The van der Waals surface area contributed by atoms with Crippen molar-refractivity contribution in [3.63, 3.8) is 0 Å². The van der Waals surface area contributed by atoms with Crippen LogP contribution in [0.1, 0.15) is 10.6 Å². The first-order chi connectivity index (χ1) is 10.3. The lowest BCUT2D eigenvalue weighted by molar-refractivity contribution is -0.138. The molecule has 2 heterocycles. The molecule has 0 bridgehead atoms. The van der Waals surface area contributed by atoms with Gasteiger partial charge >= 0.3 is 6.18 Å². The molecule has 3 aromatic rings. The van der Waals surface area contributed by atoms with Crippen LogP contribution < -0.4 is 5.56 Å². The second kappa shape index (κ2) is 5.40. The molecule has 0 aliphatic heterocycles. The minimum Gasteiger partial charge on any atom is -0.308 e. The third-order valence-electron chi connectivity index (χ3n) is 3.03. The molecule has 0 saturated carbocycles. The van der Waals surface area contributed by atoms with Gasteiger partial charge in [-0.2, -0.15) is 13.2 Å². The average Bonchev–Trinajstić information content (AvgIpc) is 2.81. The zero-order chi connectivity index (χ0) is 15.9. The Bertz CT molecular complexity index is 901. The van der Waals surface area contributed by atoms with E-state index < -0.39 is 17.3 Å². The van der Waals surface area contributed by atoms with Gasteiger partial charge in [-0.3, -0.25) is 4.79 Å². The van der Waals surface area contributed by atoms with E-state index in [1.54, 1.807) is 18.2 Å². The Balaban J connectivity index is 2.00. The smallest absolute Gasteiger partial charge is 0.308 e. The topological polar surface area (TPSA) is 34.9 Å². The third-order valence-corrected chi connectivity index (χ3v) is 4.28. The number of pyridine rings is 1. The number of alkyl halides is 3. The van der Waals surface area contributed by atoms with Crippen LogP contribution in [0, 0.1) is 0 Å². The minimum atomic E-state index is -4.67. The number of benzene rings is 1. The van der Waals surface area contributed by atoms with Crippen LogP contribution in [0.5, 0.6) is 0 Å². The van der Waals surface area contributed by atoms with Gasteiger partial charge in [-0.25, -0.2) is 4.98 Å². The molecule has 1 aromatic carbocycles. The first-order valence-corrected chi connectivity index (χ1v) is 7.35. The number of hydrogen-bond donors (Lipinski definition) is 0. The van der Waals surface area contributed by atoms with Crippen LogP contribution in [0.15, 0.2) is 41.3 Å². The summed E-state index contributed by atoms with van der Waals surface area (Å²) in [5.41, 5.74) is -1.60. The molecule has 0 amide bonds. The fraction of sp³-hybridized carbons (Fsp3) is 0.143. The summed E-state index contributed by atoms with van der Waals surface area (Å²) in [6.45, 7) is -0.0142. The van der Waals surface area contributed by atoms with Crippen molar-refractivity contribution in [1.29, 1.82) is 0 Å². The summed E-state index contributed by atoms with van der Waals surface area (Å²) < 4.78 is 40.1. The molecule has 0 unspecified atom stereocenters. The Morgan fingerprint density at radius 1 is 1.27 bits per heavy atom. The highest BCUT2D eigenvalue weighted by Crippen LogP contribution is 2.27. The molecular weight excluding hydrogens is 337 g/mol. The van der Waals surface area contributed by atoms with Crippen molar-refractivity contribution < 1.29 is 13.2 Å². The second-order valence-electron chi connectivity index (χ2n) is 4.57. The molecule has 0 spiro atoms. The van der Waals surface area contributed by atoms with Gasteiger partial charge in [0, 0.05) is 11.2 Å². The zero-order valence-electron chi connectivity index (χ0n) is 10.9. The van der Waals surface area contributed by atoms with Crippen molar-refractivity contribution in [2.75, 3.05) is 0 Å². The predicted octanol–water partition coefficient (Wildman–Crippen LogP) is 4.18. The Kier molecular flexibility index (Phi) is 3.70. The second-order valence-corrected chi connectivity index (χ2v) is 6.12. The van der Waals surface area contributed by atoms with E-state index >= 15 is 0 Å². The molecule has 0 aliphatic carbocycles. The Labute approximate surface area is 131 Å². The molecule has 0 fully saturated rings. The van der Waals surface area contributed by atoms with Crippen LogP contribution >= 0.6 is 22.9 Å². The molecule has 0 radical (unpaired) electrons. The van der Waals surface area contributed by atoms with E-state index in [0.29, 0.717) is 15.5 Å². The van der Waals surface area contributed by atoms with Crippen molar-refractivity contribution in [3.05, 3.63) is 62.5 Å². The van der Waals surface area contributed by atoms with Gasteiger partial charge < -0.3 is 4.57 Å². The normalized spacial score (nSPS) is 12.0. The fourth-order valence-corrected chi connectivity index (χ4v) is 3.15. The van der Waals surface area contributed by atoms with Gasteiger partial charge in [0.2, 0.25) is 0 Å². The highest BCUT2D eigenvalue weighted by molar-refractivity contribution is 7.18. The maximum absolute atomic E-state index is 12.7. The van der Waals surface area contributed by atoms with Crippen LogP contribution in [0.4, 0.5) is 13.2 Å². The van der Waals surface area contributed by atoms with Crippen LogP contribution in [0.25, 0.3) is 10.2 Å². The average molecular weight is 345 g/mol.